The summed E-state index contributed by atoms with van der Waals surface area (Å²) < 4.78 is 23.6. The van der Waals surface area contributed by atoms with Crippen molar-refractivity contribution >= 4 is 26.6 Å². The summed E-state index contributed by atoms with van der Waals surface area (Å²) in [5.41, 5.74) is 1.09. The number of sulfone groups is 1. The lowest BCUT2D eigenvalue weighted by atomic mass is 10.2. The average molecular weight is 334 g/mol. The van der Waals surface area contributed by atoms with Crippen LogP contribution in [0.25, 0.3) is 10.9 Å². The third kappa shape index (κ3) is 4.07. The molecule has 2 rings (SSSR count). The van der Waals surface area contributed by atoms with E-state index in [1.54, 1.807) is 24.8 Å². The Hall–Kier alpha value is -1.95. The third-order valence-electron chi connectivity index (χ3n) is 3.89. The predicted octanol–water partition coefficient (Wildman–Crippen LogP) is 2.52. The van der Waals surface area contributed by atoms with E-state index < -0.39 is 9.84 Å². The molecule has 1 amide bonds. The Balaban J connectivity index is 2.27. The number of rotatable bonds is 6. The highest BCUT2D eigenvalue weighted by Gasteiger charge is 2.25. The fraction of sp³-hybridized carbons (Fsp3) is 0.412. The second-order valence-electron chi connectivity index (χ2n) is 5.53. The van der Waals surface area contributed by atoms with Crippen LogP contribution >= 0.6 is 0 Å². The van der Waals surface area contributed by atoms with Crippen molar-refractivity contribution < 1.29 is 13.2 Å². The summed E-state index contributed by atoms with van der Waals surface area (Å²) >= 11 is 0. The maximum atomic E-state index is 12.7. The molecule has 1 atom stereocenters. The number of carbonyl (C=O) groups is 1. The van der Waals surface area contributed by atoms with Crippen molar-refractivity contribution in [3.63, 3.8) is 0 Å². The van der Waals surface area contributed by atoms with Crippen LogP contribution in [0.5, 0.6) is 0 Å². The molecule has 1 aromatic heterocycles. The van der Waals surface area contributed by atoms with E-state index in [9.17, 15) is 13.2 Å². The molecule has 1 heterocycles. The molecule has 0 aliphatic heterocycles. The number of pyridine rings is 1. The Labute approximate surface area is 137 Å². The molecule has 0 fully saturated rings. The summed E-state index contributed by atoms with van der Waals surface area (Å²) in [6, 6.07) is 10.7. The second-order valence-corrected chi connectivity index (χ2v) is 7.93. The SMILES string of the molecule is CCN(C(=O)c1ccc2ccccc2n1)C(C)CS(=O)(=O)CC. The number of benzene rings is 1. The van der Waals surface area contributed by atoms with E-state index in [4.69, 9.17) is 0 Å². The normalized spacial score (nSPS) is 13.0. The highest BCUT2D eigenvalue weighted by molar-refractivity contribution is 7.91. The summed E-state index contributed by atoms with van der Waals surface area (Å²) in [6.07, 6.45) is 0. The Kier molecular flexibility index (Phi) is 5.36. The Morgan fingerprint density at radius 1 is 1.17 bits per heavy atom. The van der Waals surface area contributed by atoms with E-state index in [2.05, 4.69) is 4.98 Å². The molecular formula is C17H22N2O3S. The topological polar surface area (TPSA) is 67.3 Å². The number of hydrogen-bond donors (Lipinski definition) is 0. The van der Waals surface area contributed by atoms with Gasteiger partial charge < -0.3 is 4.90 Å². The maximum Gasteiger partial charge on any atom is 0.272 e. The first kappa shape index (κ1) is 17.4. The minimum Gasteiger partial charge on any atom is -0.334 e. The van der Waals surface area contributed by atoms with Crippen molar-refractivity contribution in [3.8, 4) is 0 Å². The molecule has 5 nitrogen and oxygen atoms in total. The number of amides is 1. The lowest BCUT2D eigenvalue weighted by Gasteiger charge is -2.27. The summed E-state index contributed by atoms with van der Waals surface area (Å²) in [4.78, 5) is 18.7. The summed E-state index contributed by atoms with van der Waals surface area (Å²) in [5, 5.41) is 0.966. The van der Waals surface area contributed by atoms with Crippen molar-refractivity contribution in [1.82, 2.24) is 9.88 Å². The van der Waals surface area contributed by atoms with Gasteiger partial charge in [0.15, 0.2) is 9.84 Å². The predicted molar refractivity (Wildman–Crippen MR) is 92.2 cm³/mol. The molecule has 0 saturated carbocycles. The van der Waals surface area contributed by atoms with Crippen molar-refractivity contribution in [3.05, 3.63) is 42.1 Å². The van der Waals surface area contributed by atoms with Crippen LogP contribution < -0.4 is 0 Å². The smallest absolute Gasteiger partial charge is 0.272 e. The number of nitrogens with zero attached hydrogens (tertiary/aromatic N) is 2. The van der Waals surface area contributed by atoms with E-state index in [0.717, 1.165) is 10.9 Å². The molecule has 124 valence electrons. The standard InChI is InChI=1S/C17H22N2O3S/c1-4-19(13(3)12-23(21,22)5-2)17(20)16-11-10-14-8-6-7-9-15(14)18-16/h6-11,13H,4-5,12H2,1-3H3. The number of fused-ring (bicyclic) bond motifs is 1. The molecule has 6 heteroatoms. The molecule has 0 N–H and O–H groups in total. The number of para-hydroxylation sites is 1. The van der Waals surface area contributed by atoms with Crippen molar-refractivity contribution in [2.75, 3.05) is 18.1 Å². The van der Waals surface area contributed by atoms with Gasteiger partial charge in [-0.15, -0.1) is 0 Å². The third-order valence-corrected chi connectivity index (χ3v) is 5.76. The van der Waals surface area contributed by atoms with Crippen LogP contribution in [-0.4, -0.2) is 48.3 Å². The lowest BCUT2D eigenvalue weighted by molar-refractivity contribution is 0.0713. The number of aromatic nitrogens is 1. The lowest BCUT2D eigenvalue weighted by Crippen LogP contribution is -2.42. The van der Waals surface area contributed by atoms with Gasteiger partial charge in [-0.3, -0.25) is 4.79 Å². The van der Waals surface area contributed by atoms with E-state index >= 15 is 0 Å². The highest BCUT2D eigenvalue weighted by Crippen LogP contribution is 2.15. The van der Waals surface area contributed by atoms with Gasteiger partial charge in [-0.1, -0.05) is 31.2 Å². The molecule has 2 aromatic rings. The van der Waals surface area contributed by atoms with Crippen LogP contribution in [0.2, 0.25) is 0 Å². The summed E-state index contributed by atoms with van der Waals surface area (Å²) in [7, 11) is -3.14. The van der Waals surface area contributed by atoms with E-state index in [-0.39, 0.29) is 23.5 Å². The second kappa shape index (κ2) is 7.08. The van der Waals surface area contributed by atoms with E-state index in [0.29, 0.717) is 12.2 Å². The van der Waals surface area contributed by atoms with Gasteiger partial charge >= 0.3 is 0 Å². The van der Waals surface area contributed by atoms with Gasteiger partial charge in [-0.2, -0.15) is 0 Å². The van der Waals surface area contributed by atoms with Crippen LogP contribution in [-0.2, 0) is 9.84 Å². The first-order chi connectivity index (χ1) is 10.9. The van der Waals surface area contributed by atoms with Crippen LogP contribution in [0, 0.1) is 0 Å². The molecular weight excluding hydrogens is 312 g/mol. The zero-order valence-electron chi connectivity index (χ0n) is 13.7. The van der Waals surface area contributed by atoms with Crippen molar-refractivity contribution in [2.24, 2.45) is 0 Å². The van der Waals surface area contributed by atoms with Crippen LogP contribution in [0.3, 0.4) is 0 Å². The molecule has 0 bridgehead atoms. The number of carbonyl (C=O) groups excluding carboxylic acids is 1. The van der Waals surface area contributed by atoms with Gasteiger partial charge in [0.1, 0.15) is 5.69 Å². The fourth-order valence-corrected chi connectivity index (χ4v) is 3.71. The van der Waals surface area contributed by atoms with E-state index in [1.807, 2.05) is 37.3 Å². The minimum absolute atomic E-state index is 0.0311. The summed E-state index contributed by atoms with van der Waals surface area (Å²) in [5.74, 6) is -0.189. The Bertz CT molecular complexity index is 802. The van der Waals surface area contributed by atoms with E-state index in [1.165, 1.54) is 0 Å². The van der Waals surface area contributed by atoms with Gasteiger partial charge in [0.25, 0.3) is 5.91 Å². The van der Waals surface area contributed by atoms with Crippen LogP contribution in [0.1, 0.15) is 31.3 Å². The summed E-state index contributed by atoms with van der Waals surface area (Å²) in [6.45, 7) is 5.66. The fourth-order valence-electron chi connectivity index (χ4n) is 2.56. The molecule has 1 unspecified atom stereocenters. The molecule has 23 heavy (non-hydrogen) atoms. The minimum atomic E-state index is -3.14. The molecule has 0 saturated heterocycles. The zero-order valence-corrected chi connectivity index (χ0v) is 14.5. The number of hydrogen-bond acceptors (Lipinski definition) is 4. The largest absolute Gasteiger partial charge is 0.334 e. The van der Waals surface area contributed by atoms with Crippen LogP contribution in [0.15, 0.2) is 36.4 Å². The molecule has 0 aliphatic carbocycles. The molecule has 1 aromatic carbocycles. The van der Waals surface area contributed by atoms with Gasteiger partial charge in [0.05, 0.1) is 11.3 Å². The van der Waals surface area contributed by atoms with Gasteiger partial charge in [-0.05, 0) is 26.0 Å². The first-order valence-electron chi connectivity index (χ1n) is 7.75. The Morgan fingerprint density at radius 2 is 1.87 bits per heavy atom. The maximum absolute atomic E-state index is 12.7. The van der Waals surface area contributed by atoms with Gasteiger partial charge in [0, 0.05) is 23.7 Å². The first-order valence-corrected chi connectivity index (χ1v) is 9.57. The zero-order chi connectivity index (χ0) is 17.0. The average Bonchev–Trinajstić information content (AvgIpc) is 2.54. The van der Waals surface area contributed by atoms with Crippen molar-refractivity contribution in [2.45, 2.75) is 26.8 Å². The monoisotopic (exact) mass is 334 g/mol. The quantitative estimate of drug-likeness (QED) is 0.814. The molecule has 0 spiro atoms. The highest BCUT2D eigenvalue weighted by atomic mass is 32.2. The van der Waals surface area contributed by atoms with Gasteiger partial charge in [-0.25, -0.2) is 13.4 Å². The van der Waals surface area contributed by atoms with Crippen molar-refractivity contribution in [1.29, 1.82) is 0 Å². The Morgan fingerprint density at radius 3 is 2.52 bits per heavy atom. The van der Waals surface area contributed by atoms with Crippen LogP contribution in [0.4, 0.5) is 0 Å². The molecule has 0 radical (unpaired) electrons. The van der Waals surface area contributed by atoms with Gasteiger partial charge in [0.2, 0.25) is 0 Å². The molecule has 0 aliphatic rings.